The third-order valence-corrected chi connectivity index (χ3v) is 3.30. The number of nitrogens with zero attached hydrogens (tertiary/aromatic N) is 4. The van der Waals surface area contributed by atoms with Crippen molar-refractivity contribution in [3.8, 4) is 0 Å². The fourth-order valence-electron chi connectivity index (χ4n) is 2.17. The van der Waals surface area contributed by atoms with E-state index in [2.05, 4.69) is 15.3 Å². The average molecular weight is 297 g/mol. The Balaban J connectivity index is 1.79. The van der Waals surface area contributed by atoms with Gasteiger partial charge in [-0.05, 0) is 12.5 Å². The summed E-state index contributed by atoms with van der Waals surface area (Å²) < 4.78 is 2.95. The second-order valence-electron chi connectivity index (χ2n) is 5.09. The molecule has 0 amide bonds. The van der Waals surface area contributed by atoms with Crippen molar-refractivity contribution < 1.29 is 0 Å². The lowest BCUT2D eigenvalue weighted by molar-refractivity contribution is 0.507. The number of aromatic amines is 1. The van der Waals surface area contributed by atoms with Crippen LogP contribution in [0.2, 0.25) is 0 Å². The second-order valence-corrected chi connectivity index (χ2v) is 5.09. The van der Waals surface area contributed by atoms with E-state index in [1.165, 1.54) is 10.8 Å². The zero-order valence-electron chi connectivity index (χ0n) is 12.1. The molecular formula is C15H15N5O2. The van der Waals surface area contributed by atoms with Crippen LogP contribution in [0.3, 0.4) is 0 Å². The zero-order chi connectivity index (χ0) is 15.5. The number of aromatic nitrogens is 5. The van der Waals surface area contributed by atoms with Crippen LogP contribution in [-0.2, 0) is 13.1 Å². The molecule has 0 fully saturated rings. The minimum atomic E-state index is -0.462. The van der Waals surface area contributed by atoms with E-state index in [4.69, 9.17) is 0 Å². The van der Waals surface area contributed by atoms with Crippen molar-refractivity contribution in [2.24, 2.45) is 0 Å². The molecule has 2 heterocycles. The van der Waals surface area contributed by atoms with Gasteiger partial charge in [-0.2, -0.15) is 0 Å². The van der Waals surface area contributed by atoms with Gasteiger partial charge in [0.2, 0.25) is 0 Å². The molecule has 0 unspecified atom stereocenters. The van der Waals surface area contributed by atoms with Gasteiger partial charge in [-0.25, -0.2) is 9.48 Å². The Morgan fingerprint density at radius 3 is 2.68 bits per heavy atom. The van der Waals surface area contributed by atoms with Crippen molar-refractivity contribution in [1.82, 2.24) is 24.5 Å². The zero-order valence-corrected chi connectivity index (χ0v) is 12.1. The van der Waals surface area contributed by atoms with Gasteiger partial charge in [-0.15, -0.1) is 5.10 Å². The molecule has 3 aromatic rings. The van der Waals surface area contributed by atoms with Crippen molar-refractivity contribution in [1.29, 1.82) is 0 Å². The summed E-state index contributed by atoms with van der Waals surface area (Å²) in [5.74, 6) is 0. The average Bonchev–Trinajstić information content (AvgIpc) is 2.93. The largest absolute Gasteiger partial charge is 0.329 e. The summed E-state index contributed by atoms with van der Waals surface area (Å²) in [5.41, 5.74) is 1.61. The maximum absolute atomic E-state index is 11.7. The first kappa shape index (κ1) is 14.0. The number of benzene rings is 1. The number of aryl methyl sites for hydroxylation is 1. The lowest BCUT2D eigenvalue weighted by atomic mass is 10.1. The Morgan fingerprint density at radius 1 is 1.14 bits per heavy atom. The number of hydrogen-bond donors (Lipinski definition) is 1. The van der Waals surface area contributed by atoms with Crippen LogP contribution >= 0.6 is 0 Å². The van der Waals surface area contributed by atoms with Gasteiger partial charge in [-0.1, -0.05) is 35.5 Å². The number of hydrogen-bond acceptors (Lipinski definition) is 4. The van der Waals surface area contributed by atoms with E-state index in [0.29, 0.717) is 12.0 Å². The van der Waals surface area contributed by atoms with Crippen LogP contribution in [0.4, 0.5) is 0 Å². The molecule has 0 spiro atoms. The van der Waals surface area contributed by atoms with Gasteiger partial charge in [-0.3, -0.25) is 14.3 Å². The molecular weight excluding hydrogens is 282 g/mol. The molecule has 0 aliphatic rings. The van der Waals surface area contributed by atoms with Crippen LogP contribution in [-0.4, -0.2) is 24.5 Å². The predicted molar refractivity (Wildman–Crippen MR) is 80.7 cm³/mol. The fourth-order valence-corrected chi connectivity index (χ4v) is 2.17. The molecule has 3 rings (SSSR count). The molecule has 0 bridgehead atoms. The van der Waals surface area contributed by atoms with Crippen molar-refractivity contribution in [2.75, 3.05) is 0 Å². The van der Waals surface area contributed by atoms with Gasteiger partial charge in [0.05, 0.1) is 11.9 Å². The molecule has 0 radical (unpaired) electrons. The topological polar surface area (TPSA) is 85.6 Å². The highest BCUT2D eigenvalue weighted by Crippen LogP contribution is 2.05. The van der Waals surface area contributed by atoms with Gasteiger partial charge in [0.25, 0.3) is 5.56 Å². The van der Waals surface area contributed by atoms with Crippen LogP contribution in [0.5, 0.6) is 0 Å². The van der Waals surface area contributed by atoms with Crippen molar-refractivity contribution >= 4 is 0 Å². The van der Waals surface area contributed by atoms with E-state index in [-0.39, 0.29) is 12.2 Å². The Morgan fingerprint density at radius 2 is 1.91 bits per heavy atom. The molecule has 7 nitrogen and oxygen atoms in total. The first-order valence-electron chi connectivity index (χ1n) is 6.85. The Hall–Kier alpha value is -2.96. The van der Waals surface area contributed by atoms with E-state index < -0.39 is 5.69 Å². The van der Waals surface area contributed by atoms with Gasteiger partial charge >= 0.3 is 5.69 Å². The summed E-state index contributed by atoms with van der Waals surface area (Å²) in [7, 11) is 0. The Bertz CT molecular complexity index is 892. The standard InChI is InChI=1S/C15H15N5O2/c1-11-8-19(15(22)16-14(11)21)10-20-9-13(17-18-20)7-12-5-3-2-4-6-12/h2-6,8-9H,7,10H2,1H3,(H,16,21,22). The fraction of sp³-hybridized carbons (Fsp3) is 0.200. The van der Waals surface area contributed by atoms with E-state index in [1.807, 2.05) is 30.3 Å². The van der Waals surface area contributed by atoms with Gasteiger partial charge < -0.3 is 0 Å². The monoisotopic (exact) mass is 297 g/mol. The number of nitrogens with one attached hydrogen (secondary N) is 1. The van der Waals surface area contributed by atoms with Gasteiger partial charge in [0.15, 0.2) is 0 Å². The first-order valence-corrected chi connectivity index (χ1v) is 6.85. The molecule has 22 heavy (non-hydrogen) atoms. The number of rotatable bonds is 4. The van der Waals surface area contributed by atoms with Crippen LogP contribution in [0.25, 0.3) is 0 Å². The molecule has 1 N–H and O–H groups in total. The Labute approximate surface area is 125 Å². The minimum Gasteiger partial charge on any atom is -0.280 e. The Kier molecular flexibility index (Phi) is 3.69. The second kappa shape index (κ2) is 5.80. The highest BCUT2D eigenvalue weighted by Gasteiger charge is 2.05. The maximum Gasteiger partial charge on any atom is 0.329 e. The number of H-pyrrole nitrogens is 1. The van der Waals surface area contributed by atoms with Crippen molar-refractivity contribution in [3.05, 3.63) is 80.4 Å². The van der Waals surface area contributed by atoms with Crippen LogP contribution in [0, 0.1) is 6.92 Å². The summed E-state index contributed by atoms with van der Waals surface area (Å²) in [6.07, 6.45) is 3.99. The quantitative estimate of drug-likeness (QED) is 0.761. The lowest BCUT2D eigenvalue weighted by Crippen LogP contribution is -2.32. The molecule has 2 aromatic heterocycles. The van der Waals surface area contributed by atoms with Gasteiger partial charge in [0, 0.05) is 18.2 Å². The summed E-state index contributed by atoms with van der Waals surface area (Å²) in [6.45, 7) is 1.86. The normalized spacial score (nSPS) is 10.8. The maximum atomic E-state index is 11.7. The summed E-state index contributed by atoms with van der Waals surface area (Å²) >= 11 is 0. The van der Waals surface area contributed by atoms with E-state index in [9.17, 15) is 9.59 Å². The minimum absolute atomic E-state index is 0.207. The molecule has 1 aromatic carbocycles. The highest BCUT2D eigenvalue weighted by atomic mass is 16.2. The molecule has 0 saturated carbocycles. The molecule has 112 valence electrons. The molecule has 0 aliphatic carbocycles. The molecule has 7 heteroatoms. The smallest absolute Gasteiger partial charge is 0.280 e. The summed E-state index contributed by atoms with van der Waals surface area (Å²) in [6, 6.07) is 9.96. The first-order chi connectivity index (χ1) is 10.6. The third kappa shape index (κ3) is 3.03. The SMILES string of the molecule is Cc1cn(Cn2cc(Cc3ccccc3)nn2)c(=O)[nH]c1=O. The summed E-state index contributed by atoms with van der Waals surface area (Å²) in [4.78, 5) is 25.4. The lowest BCUT2D eigenvalue weighted by Gasteiger charge is -2.04. The van der Waals surface area contributed by atoms with Crippen molar-refractivity contribution in [2.45, 2.75) is 20.0 Å². The van der Waals surface area contributed by atoms with Gasteiger partial charge in [0.1, 0.15) is 6.67 Å². The van der Waals surface area contributed by atoms with E-state index >= 15 is 0 Å². The van der Waals surface area contributed by atoms with Crippen LogP contribution in [0.15, 0.2) is 52.3 Å². The third-order valence-electron chi connectivity index (χ3n) is 3.30. The van der Waals surface area contributed by atoms with Crippen LogP contribution in [0.1, 0.15) is 16.8 Å². The highest BCUT2D eigenvalue weighted by molar-refractivity contribution is 5.19. The predicted octanol–water partition coefficient (Wildman–Crippen LogP) is 0.533. The molecule has 0 aliphatic heterocycles. The van der Waals surface area contributed by atoms with Crippen LogP contribution < -0.4 is 11.2 Å². The van der Waals surface area contributed by atoms with E-state index in [0.717, 1.165) is 11.3 Å². The van der Waals surface area contributed by atoms with E-state index in [1.54, 1.807) is 17.8 Å². The van der Waals surface area contributed by atoms with Crippen molar-refractivity contribution in [3.63, 3.8) is 0 Å². The molecule has 0 atom stereocenters. The molecule has 0 saturated heterocycles. The summed E-state index contributed by atoms with van der Waals surface area (Å²) in [5, 5.41) is 8.12.